The van der Waals surface area contributed by atoms with E-state index in [1.165, 1.54) is 6.92 Å². The second-order valence-corrected chi connectivity index (χ2v) is 6.86. The average Bonchev–Trinajstić information content (AvgIpc) is 2.84. The van der Waals surface area contributed by atoms with Crippen LogP contribution in [0.3, 0.4) is 0 Å². The lowest BCUT2D eigenvalue weighted by Crippen LogP contribution is -2.67. The first-order valence-corrected chi connectivity index (χ1v) is 8.21. The molecule has 1 aliphatic carbocycles. The molecule has 142 valence electrons. The number of amides is 2. The van der Waals surface area contributed by atoms with Gasteiger partial charge in [0.05, 0.1) is 19.6 Å². The topological polar surface area (TPSA) is 148 Å². The number of aliphatic carboxylic acids is 1. The van der Waals surface area contributed by atoms with Crippen molar-refractivity contribution in [1.29, 1.82) is 0 Å². The van der Waals surface area contributed by atoms with E-state index in [-0.39, 0.29) is 23.7 Å². The van der Waals surface area contributed by atoms with E-state index in [2.05, 4.69) is 15.4 Å². The fourth-order valence-electron chi connectivity index (χ4n) is 3.25. The van der Waals surface area contributed by atoms with E-state index in [9.17, 15) is 19.2 Å². The molecule has 4 atom stereocenters. The SMILES string of the molecule is COC(=O)C(C)(NC(=O)C1C(C)CCC1C)NC(=O)[C@@H](N)CC(=O)O. The summed E-state index contributed by atoms with van der Waals surface area (Å²) in [5.74, 6) is -3.34. The van der Waals surface area contributed by atoms with Gasteiger partial charge in [0.2, 0.25) is 17.5 Å². The van der Waals surface area contributed by atoms with Crippen LogP contribution >= 0.6 is 0 Å². The van der Waals surface area contributed by atoms with Crippen LogP contribution in [-0.4, -0.2) is 47.7 Å². The average molecular weight is 357 g/mol. The van der Waals surface area contributed by atoms with Crippen molar-refractivity contribution in [3.8, 4) is 0 Å². The van der Waals surface area contributed by atoms with Crippen molar-refractivity contribution in [2.45, 2.75) is 51.7 Å². The number of ether oxygens (including phenoxy) is 1. The highest BCUT2D eigenvalue weighted by Crippen LogP contribution is 2.36. The molecule has 3 unspecified atom stereocenters. The zero-order valence-corrected chi connectivity index (χ0v) is 15.0. The molecule has 25 heavy (non-hydrogen) atoms. The van der Waals surface area contributed by atoms with Crippen LogP contribution in [0.15, 0.2) is 0 Å². The number of rotatable bonds is 7. The lowest BCUT2D eigenvalue weighted by Gasteiger charge is -2.32. The predicted octanol–water partition coefficient (Wildman–Crippen LogP) is -0.408. The summed E-state index contributed by atoms with van der Waals surface area (Å²) in [6.45, 7) is 5.21. The zero-order chi connectivity index (χ0) is 19.4. The van der Waals surface area contributed by atoms with Crippen molar-refractivity contribution >= 4 is 23.8 Å². The summed E-state index contributed by atoms with van der Waals surface area (Å²) >= 11 is 0. The van der Waals surface area contributed by atoms with E-state index in [1.807, 2.05) is 13.8 Å². The second-order valence-electron chi connectivity index (χ2n) is 6.86. The zero-order valence-electron chi connectivity index (χ0n) is 15.0. The molecule has 1 aliphatic rings. The molecule has 2 amide bonds. The summed E-state index contributed by atoms with van der Waals surface area (Å²) in [6, 6.07) is -1.36. The van der Waals surface area contributed by atoms with E-state index in [4.69, 9.17) is 10.8 Å². The van der Waals surface area contributed by atoms with Crippen LogP contribution in [0.4, 0.5) is 0 Å². The van der Waals surface area contributed by atoms with E-state index in [0.29, 0.717) is 0 Å². The minimum absolute atomic E-state index is 0.155. The third-order valence-corrected chi connectivity index (χ3v) is 4.68. The van der Waals surface area contributed by atoms with Gasteiger partial charge in [-0.15, -0.1) is 0 Å². The lowest BCUT2D eigenvalue weighted by molar-refractivity contribution is -0.155. The van der Waals surface area contributed by atoms with Gasteiger partial charge in [0, 0.05) is 5.92 Å². The van der Waals surface area contributed by atoms with Crippen LogP contribution in [0, 0.1) is 17.8 Å². The first kappa shape index (κ1) is 20.9. The van der Waals surface area contributed by atoms with Crippen LogP contribution in [-0.2, 0) is 23.9 Å². The van der Waals surface area contributed by atoms with Crippen LogP contribution in [0.2, 0.25) is 0 Å². The molecule has 0 bridgehead atoms. The van der Waals surface area contributed by atoms with Gasteiger partial charge >= 0.3 is 11.9 Å². The fourth-order valence-corrected chi connectivity index (χ4v) is 3.25. The van der Waals surface area contributed by atoms with Gasteiger partial charge in [-0.25, -0.2) is 4.79 Å². The number of hydrogen-bond acceptors (Lipinski definition) is 6. The molecule has 0 heterocycles. The maximum Gasteiger partial charge on any atom is 0.352 e. The number of esters is 1. The van der Waals surface area contributed by atoms with Gasteiger partial charge in [-0.3, -0.25) is 14.4 Å². The third-order valence-electron chi connectivity index (χ3n) is 4.68. The van der Waals surface area contributed by atoms with E-state index >= 15 is 0 Å². The maximum absolute atomic E-state index is 12.6. The van der Waals surface area contributed by atoms with Gasteiger partial charge < -0.3 is 26.2 Å². The summed E-state index contributed by atoms with van der Waals surface area (Å²) in [5.41, 5.74) is 3.67. The summed E-state index contributed by atoms with van der Waals surface area (Å²) in [6.07, 6.45) is 1.21. The molecule has 5 N–H and O–H groups in total. The Morgan fingerprint density at radius 3 is 2.16 bits per heavy atom. The van der Waals surface area contributed by atoms with Crippen LogP contribution in [0.25, 0.3) is 0 Å². The Morgan fingerprint density at radius 2 is 1.72 bits per heavy atom. The molecule has 0 aromatic carbocycles. The van der Waals surface area contributed by atoms with Crippen molar-refractivity contribution in [2.75, 3.05) is 7.11 Å². The molecule has 9 nitrogen and oxygen atoms in total. The Balaban J connectivity index is 2.91. The Kier molecular flexibility index (Phi) is 6.92. The number of nitrogens with two attached hydrogens (primary N) is 1. The number of carbonyl (C=O) groups is 4. The quantitative estimate of drug-likeness (QED) is 0.357. The first-order chi connectivity index (χ1) is 11.5. The van der Waals surface area contributed by atoms with Crippen LogP contribution in [0.5, 0.6) is 0 Å². The minimum atomic E-state index is -1.83. The Bertz CT molecular complexity index is 542. The number of nitrogens with one attached hydrogen (secondary N) is 2. The smallest absolute Gasteiger partial charge is 0.352 e. The summed E-state index contributed by atoms with van der Waals surface area (Å²) in [4.78, 5) is 47.5. The molecule has 1 rings (SSSR count). The number of methoxy groups -OCH3 is 1. The summed E-state index contributed by atoms with van der Waals surface area (Å²) in [5, 5.41) is 13.5. The summed E-state index contributed by atoms with van der Waals surface area (Å²) < 4.78 is 4.67. The van der Waals surface area contributed by atoms with Crippen LogP contribution in [0.1, 0.15) is 40.0 Å². The first-order valence-electron chi connectivity index (χ1n) is 8.21. The van der Waals surface area contributed by atoms with Gasteiger partial charge in [-0.2, -0.15) is 0 Å². The Labute approximate surface area is 146 Å². The highest BCUT2D eigenvalue weighted by atomic mass is 16.5. The molecule has 9 heteroatoms. The molecule has 0 spiro atoms. The Morgan fingerprint density at radius 1 is 1.20 bits per heavy atom. The van der Waals surface area contributed by atoms with Gasteiger partial charge in [-0.1, -0.05) is 13.8 Å². The van der Waals surface area contributed by atoms with Gasteiger partial charge in [-0.05, 0) is 31.6 Å². The van der Waals surface area contributed by atoms with E-state index in [0.717, 1.165) is 20.0 Å². The van der Waals surface area contributed by atoms with Crippen molar-refractivity contribution in [1.82, 2.24) is 10.6 Å². The van der Waals surface area contributed by atoms with Crippen molar-refractivity contribution in [2.24, 2.45) is 23.5 Å². The maximum atomic E-state index is 12.6. The molecular weight excluding hydrogens is 330 g/mol. The molecule has 0 aromatic rings. The molecular formula is C16H27N3O6. The van der Waals surface area contributed by atoms with Crippen molar-refractivity contribution in [3.05, 3.63) is 0 Å². The number of carboxylic acid groups (broad SMARTS) is 1. The molecule has 0 aromatic heterocycles. The third kappa shape index (κ3) is 5.15. The second kappa shape index (κ2) is 8.28. The van der Waals surface area contributed by atoms with E-state index in [1.54, 1.807) is 0 Å². The number of carboxylic acids is 1. The number of carbonyl (C=O) groups excluding carboxylic acids is 3. The normalized spacial score (nSPS) is 26.2. The molecule has 0 saturated heterocycles. The largest absolute Gasteiger partial charge is 0.481 e. The molecule has 0 radical (unpaired) electrons. The molecule has 0 aliphatic heterocycles. The number of hydrogen-bond donors (Lipinski definition) is 4. The standard InChI is InChI=1S/C16H27N3O6/c1-8-5-6-9(2)12(8)14(23)19-16(3,15(24)25-4)18-13(22)10(17)7-11(20)21/h8-10,12H,5-7,17H2,1-4H3,(H,18,22)(H,19,23)(H,20,21)/t8?,9?,10-,12?,16?/m0/s1. The summed E-state index contributed by atoms with van der Waals surface area (Å²) in [7, 11) is 1.12. The van der Waals surface area contributed by atoms with Gasteiger partial charge in [0.15, 0.2) is 0 Å². The lowest BCUT2D eigenvalue weighted by atomic mass is 9.90. The van der Waals surface area contributed by atoms with Gasteiger partial charge in [0.1, 0.15) is 0 Å². The van der Waals surface area contributed by atoms with Crippen LogP contribution < -0.4 is 16.4 Å². The monoisotopic (exact) mass is 357 g/mol. The molecule has 1 saturated carbocycles. The highest BCUT2D eigenvalue weighted by molar-refractivity contribution is 5.94. The molecule has 1 fully saturated rings. The predicted molar refractivity (Wildman–Crippen MR) is 88.0 cm³/mol. The van der Waals surface area contributed by atoms with Crippen molar-refractivity contribution < 1.29 is 29.0 Å². The van der Waals surface area contributed by atoms with Gasteiger partial charge in [0.25, 0.3) is 0 Å². The minimum Gasteiger partial charge on any atom is -0.481 e. The highest BCUT2D eigenvalue weighted by Gasteiger charge is 2.43. The van der Waals surface area contributed by atoms with Crippen molar-refractivity contribution in [3.63, 3.8) is 0 Å². The Hall–Kier alpha value is -2.16. The van der Waals surface area contributed by atoms with E-state index < -0.39 is 36.0 Å². The fraction of sp³-hybridized carbons (Fsp3) is 0.750.